The number of anilines is 4. The molecule has 206 valence electrons. The third-order valence-corrected chi connectivity index (χ3v) is 8.09. The Labute approximate surface area is 228 Å². The van der Waals surface area contributed by atoms with Crippen LogP contribution < -0.4 is 15.3 Å². The number of nitrogens with one attached hydrogen (secondary N) is 1. The van der Waals surface area contributed by atoms with Crippen molar-refractivity contribution in [1.82, 2.24) is 19.8 Å². The number of benzene rings is 2. The minimum Gasteiger partial charge on any atom is -0.367 e. The van der Waals surface area contributed by atoms with E-state index in [1.807, 2.05) is 23.1 Å². The number of rotatable bonds is 6. The normalized spacial score (nSPS) is 21.5. The van der Waals surface area contributed by atoms with E-state index in [4.69, 9.17) is 4.84 Å². The number of halogens is 2. The number of nitrogens with zero attached hydrogens (tertiary/aromatic N) is 6. The summed E-state index contributed by atoms with van der Waals surface area (Å²) in [6.45, 7) is 6.14. The second-order valence-corrected chi connectivity index (χ2v) is 10.6. The fraction of sp³-hybridized carbons (Fsp3) is 0.448. The fourth-order valence-corrected chi connectivity index (χ4v) is 5.94. The maximum Gasteiger partial charge on any atom is 0.158 e. The SMILES string of the molecule is CN1CCN(C2CCN(c3c(F)cc(Nc4cc(N5OCCC5c5ccccc5)ncn4)cc3F)CC2)CC1. The third kappa shape index (κ3) is 5.68. The predicted octanol–water partition coefficient (Wildman–Crippen LogP) is 4.60. The molecule has 0 amide bonds. The van der Waals surface area contributed by atoms with Gasteiger partial charge in [0.25, 0.3) is 0 Å². The highest BCUT2D eigenvalue weighted by molar-refractivity contribution is 5.64. The molecule has 1 aromatic heterocycles. The summed E-state index contributed by atoms with van der Waals surface area (Å²) in [6, 6.07) is 15.0. The molecule has 1 atom stereocenters. The van der Waals surface area contributed by atoms with Gasteiger partial charge in [0.05, 0.1) is 12.6 Å². The van der Waals surface area contributed by atoms with Crippen LogP contribution in [0.4, 0.5) is 31.8 Å². The largest absolute Gasteiger partial charge is 0.367 e. The lowest BCUT2D eigenvalue weighted by atomic mass is 10.0. The molecule has 0 aliphatic carbocycles. The standard InChI is InChI=1S/C29H35F2N7O/c1-35-12-14-36(15-13-35)23-7-10-37(11-8-23)29-24(30)17-22(18-25(29)31)34-27-19-28(33-20-32-27)38-26(9-16-39-38)21-5-3-2-4-6-21/h2-6,17-20,23,26H,7-16H2,1H3,(H,32,33,34). The van der Waals surface area contributed by atoms with Gasteiger partial charge in [-0.2, -0.15) is 0 Å². The van der Waals surface area contributed by atoms with Crippen LogP contribution in [0.15, 0.2) is 54.9 Å². The van der Waals surface area contributed by atoms with Crippen LogP contribution in [-0.2, 0) is 4.84 Å². The van der Waals surface area contributed by atoms with Gasteiger partial charge in [-0.3, -0.25) is 9.74 Å². The van der Waals surface area contributed by atoms with Crippen molar-refractivity contribution in [2.45, 2.75) is 31.3 Å². The zero-order valence-corrected chi connectivity index (χ0v) is 22.3. The quantitative estimate of drug-likeness (QED) is 0.492. The first kappa shape index (κ1) is 25.9. The van der Waals surface area contributed by atoms with Gasteiger partial charge in [-0.15, -0.1) is 0 Å². The van der Waals surface area contributed by atoms with E-state index in [0.717, 1.165) is 51.0 Å². The fourth-order valence-electron chi connectivity index (χ4n) is 5.94. The molecular weight excluding hydrogens is 500 g/mol. The van der Waals surface area contributed by atoms with E-state index in [2.05, 4.69) is 44.3 Å². The second kappa shape index (κ2) is 11.4. The molecule has 10 heteroatoms. The molecule has 1 unspecified atom stereocenters. The Balaban J connectivity index is 1.12. The van der Waals surface area contributed by atoms with Crippen LogP contribution in [0.25, 0.3) is 0 Å². The summed E-state index contributed by atoms with van der Waals surface area (Å²) in [5, 5.41) is 4.82. The Kier molecular flexibility index (Phi) is 7.58. The zero-order valence-electron chi connectivity index (χ0n) is 22.3. The average Bonchev–Trinajstić information content (AvgIpc) is 3.45. The second-order valence-electron chi connectivity index (χ2n) is 10.6. The van der Waals surface area contributed by atoms with Crippen LogP contribution in [-0.4, -0.2) is 78.7 Å². The molecule has 0 saturated carbocycles. The minimum atomic E-state index is -0.572. The van der Waals surface area contributed by atoms with E-state index in [-0.39, 0.29) is 11.7 Å². The van der Waals surface area contributed by atoms with Crippen LogP contribution in [0.5, 0.6) is 0 Å². The topological polar surface area (TPSA) is 60.0 Å². The smallest absolute Gasteiger partial charge is 0.158 e. The zero-order chi connectivity index (χ0) is 26.8. The van der Waals surface area contributed by atoms with E-state index >= 15 is 8.78 Å². The summed E-state index contributed by atoms with van der Waals surface area (Å²) in [5.74, 6) is -0.129. The molecule has 8 nitrogen and oxygen atoms in total. The van der Waals surface area contributed by atoms with Gasteiger partial charge in [0.1, 0.15) is 17.8 Å². The van der Waals surface area contributed by atoms with Gasteiger partial charge in [-0.05, 0) is 37.6 Å². The molecule has 4 heterocycles. The molecular formula is C29H35F2N7O. The Morgan fingerprint density at radius 3 is 2.31 bits per heavy atom. The highest BCUT2D eigenvalue weighted by Crippen LogP contribution is 2.35. The number of likely N-dealkylation sites (N-methyl/N-ethyl adjacent to an activating group) is 1. The van der Waals surface area contributed by atoms with Crippen molar-refractivity contribution >= 4 is 23.0 Å². The molecule has 3 fully saturated rings. The van der Waals surface area contributed by atoms with Crippen LogP contribution >= 0.6 is 0 Å². The number of hydrogen-bond donors (Lipinski definition) is 1. The van der Waals surface area contributed by atoms with Gasteiger partial charge in [0.15, 0.2) is 17.5 Å². The van der Waals surface area contributed by atoms with Gasteiger partial charge in [-0.1, -0.05) is 30.3 Å². The number of piperidine rings is 1. The predicted molar refractivity (Wildman–Crippen MR) is 148 cm³/mol. The Bertz CT molecular complexity index is 1240. The lowest BCUT2D eigenvalue weighted by molar-refractivity contribution is 0.0980. The summed E-state index contributed by atoms with van der Waals surface area (Å²) in [4.78, 5) is 21.2. The highest BCUT2D eigenvalue weighted by Gasteiger charge is 2.30. The van der Waals surface area contributed by atoms with Crippen molar-refractivity contribution in [1.29, 1.82) is 0 Å². The summed E-state index contributed by atoms with van der Waals surface area (Å²) in [7, 11) is 2.15. The van der Waals surface area contributed by atoms with E-state index < -0.39 is 11.6 Å². The average molecular weight is 536 g/mol. The molecule has 6 rings (SSSR count). The van der Waals surface area contributed by atoms with E-state index in [9.17, 15) is 0 Å². The number of aromatic nitrogens is 2. The van der Waals surface area contributed by atoms with Crippen LogP contribution in [0, 0.1) is 11.6 Å². The Morgan fingerprint density at radius 2 is 1.59 bits per heavy atom. The van der Waals surface area contributed by atoms with Crippen molar-refractivity contribution in [2.75, 3.05) is 68.2 Å². The molecule has 0 bridgehead atoms. The van der Waals surface area contributed by atoms with Crippen LogP contribution in [0.1, 0.15) is 30.9 Å². The van der Waals surface area contributed by atoms with Gasteiger partial charge in [0.2, 0.25) is 0 Å². The third-order valence-electron chi connectivity index (χ3n) is 8.09. The molecule has 3 aliphatic heterocycles. The van der Waals surface area contributed by atoms with Gasteiger partial charge < -0.3 is 15.1 Å². The van der Waals surface area contributed by atoms with Gasteiger partial charge in [-0.25, -0.2) is 23.8 Å². The highest BCUT2D eigenvalue weighted by atomic mass is 19.1. The van der Waals surface area contributed by atoms with Crippen molar-refractivity contribution in [3.63, 3.8) is 0 Å². The first-order valence-electron chi connectivity index (χ1n) is 13.8. The maximum atomic E-state index is 15.3. The first-order valence-corrected chi connectivity index (χ1v) is 13.8. The molecule has 39 heavy (non-hydrogen) atoms. The van der Waals surface area contributed by atoms with Crippen molar-refractivity contribution in [3.05, 3.63) is 72.1 Å². The molecule has 0 radical (unpaired) electrons. The monoisotopic (exact) mass is 535 g/mol. The maximum absolute atomic E-state index is 15.3. The molecule has 0 spiro atoms. The number of hydrogen-bond acceptors (Lipinski definition) is 8. The van der Waals surface area contributed by atoms with E-state index in [1.165, 1.54) is 18.5 Å². The number of hydroxylamine groups is 1. The molecule has 3 aromatic rings. The molecule has 2 aromatic carbocycles. The van der Waals surface area contributed by atoms with Gasteiger partial charge in [0, 0.05) is 63.5 Å². The van der Waals surface area contributed by atoms with Crippen LogP contribution in [0.3, 0.4) is 0 Å². The van der Waals surface area contributed by atoms with E-state index in [1.54, 1.807) is 11.1 Å². The summed E-state index contributed by atoms with van der Waals surface area (Å²) >= 11 is 0. The number of piperazine rings is 1. The van der Waals surface area contributed by atoms with Crippen LogP contribution in [0.2, 0.25) is 0 Å². The van der Waals surface area contributed by atoms with Crippen molar-refractivity contribution < 1.29 is 13.6 Å². The molecule has 3 aliphatic rings. The summed E-state index contributed by atoms with van der Waals surface area (Å²) in [5.41, 5.74) is 1.49. The van der Waals surface area contributed by atoms with Crippen molar-refractivity contribution in [2.24, 2.45) is 0 Å². The lowest BCUT2D eigenvalue weighted by Gasteiger charge is -2.42. The molecule has 1 N–H and O–H groups in total. The summed E-state index contributed by atoms with van der Waals surface area (Å²) < 4.78 is 30.5. The first-order chi connectivity index (χ1) is 19.0. The molecule has 3 saturated heterocycles. The van der Waals surface area contributed by atoms with Gasteiger partial charge >= 0.3 is 0 Å². The summed E-state index contributed by atoms with van der Waals surface area (Å²) in [6.07, 6.45) is 4.08. The van der Waals surface area contributed by atoms with E-state index in [0.29, 0.717) is 43.1 Å². The Hall–Kier alpha value is -3.34. The minimum absolute atomic E-state index is 0.0310. The van der Waals surface area contributed by atoms with Crippen molar-refractivity contribution in [3.8, 4) is 0 Å². The lowest BCUT2D eigenvalue weighted by Crippen LogP contribution is -2.52. The Morgan fingerprint density at radius 1 is 0.872 bits per heavy atom.